The molecule has 0 spiro atoms. The van der Waals surface area contributed by atoms with E-state index in [0.29, 0.717) is 6.54 Å². The Hall–Kier alpha value is -0.710. The number of amides is 1. The maximum Gasteiger partial charge on any atom is 0.328 e. The minimum atomic E-state index is -0.344. The van der Waals surface area contributed by atoms with Gasteiger partial charge in [0.15, 0.2) is 0 Å². The van der Waals surface area contributed by atoms with Gasteiger partial charge in [-0.05, 0) is 19.1 Å². The molecule has 1 heterocycles. The van der Waals surface area contributed by atoms with E-state index < -0.39 is 0 Å². The third-order valence-electron chi connectivity index (χ3n) is 2.89. The van der Waals surface area contributed by atoms with E-state index in [9.17, 15) is 9.59 Å². The molecule has 1 rings (SSSR count). The van der Waals surface area contributed by atoms with Gasteiger partial charge in [0.25, 0.3) is 0 Å². The molecule has 1 aliphatic heterocycles. The molecule has 1 fully saturated rings. The maximum atomic E-state index is 12.1. The van der Waals surface area contributed by atoms with Crippen LogP contribution in [0.15, 0.2) is 0 Å². The van der Waals surface area contributed by atoms with Crippen molar-refractivity contribution in [3.63, 3.8) is 0 Å². The van der Waals surface area contributed by atoms with Crippen molar-refractivity contribution in [2.75, 3.05) is 19.9 Å². The number of ether oxygens (including phenoxy) is 1. The monoisotopic (exact) mass is 245 g/mol. The number of likely N-dealkylation sites (tertiary alicyclic amines) is 1. The van der Waals surface area contributed by atoms with Crippen LogP contribution in [0.25, 0.3) is 0 Å². The van der Waals surface area contributed by atoms with Gasteiger partial charge in [0.05, 0.1) is 12.4 Å². The van der Waals surface area contributed by atoms with Crippen LogP contribution in [0.3, 0.4) is 0 Å². The molecule has 92 valence electrons. The molecule has 0 saturated carbocycles. The first-order valence-electron chi connectivity index (χ1n) is 5.56. The minimum Gasteiger partial charge on any atom is -0.467 e. The van der Waals surface area contributed by atoms with E-state index in [0.717, 1.165) is 19.3 Å². The van der Waals surface area contributed by atoms with Crippen LogP contribution < -0.4 is 0 Å². The third-order valence-corrected chi connectivity index (χ3v) is 3.89. The van der Waals surface area contributed by atoms with Crippen LogP contribution in [0.4, 0.5) is 0 Å². The molecule has 0 aromatic carbocycles. The summed E-state index contributed by atoms with van der Waals surface area (Å²) in [6.45, 7) is 2.74. The topological polar surface area (TPSA) is 46.6 Å². The lowest BCUT2D eigenvalue weighted by Gasteiger charge is -2.40. The van der Waals surface area contributed by atoms with Gasteiger partial charge in [-0.25, -0.2) is 4.79 Å². The van der Waals surface area contributed by atoms with Crippen LogP contribution in [0.1, 0.15) is 26.2 Å². The fourth-order valence-corrected chi connectivity index (χ4v) is 2.63. The summed E-state index contributed by atoms with van der Waals surface area (Å²) in [6, 6.07) is -0.344. The smallest absolute Gasteiger partial charge is 0.328 e. The van der Waals surface area contributed by atoms with Crippen molar-refractivity contribution in [1.82, 2.24) is 4.90 Å². The molecule has 0 aliphatic carbocycles. The Morgan fingerprint density at radius 3 is 2.62 bits per heavy atom. The highest BCUT2D eigenvalue weighted by Crippen LogP contribution is 2.24. The van der Waals surface area contributed by atoms with E-state index in [-0.39, 0.29) is 23.2 Å². The lowest BCUT2D eigenvalue weighted by Crippen LogP contribution is -2.57. The fourth-order valence-electron chi connectivity index (χ4n) is 1.82. The zero-order valence-corrected chi connectivity index (χ0v) is 10.9. The molecule has 0 aromatic rings. The van der Waals surface area contributed by atoms with Crippen LogP contribution in [-0.4, -0.2) is 48.0 Å². The van der Waals surface area contributed by atoms with Crippen LogP contribution in [0.2, 0.25) is 0 Å². The van der Waals surface area contributed by atoms with Gasteiger partial charge in [0.2, 0.25) is 5.91 Å². The molecular weight excluding hydrogens is 226 g/mol. The van der Waals surface area contributed by atoms with Crippen LogP contribution in [0, 0.1) is 0 Å². The number of rotatable bonds is 5. The van der Waals surface area contributed by atoms with E-state index in [4.69, 9.17) is 0 Å². The molecule has 1 aliphatic rings. The van der Waals surface area contributed by atoms with Gasteiger partial charge < -0.3 is 9.64 Å². The predicted octanol–water partition coefficient (Wildman–Crippen LogP) is 1.29. The lowest BCUT2D eigenvalue weighted by molar-refractivity contribution is -0.159. The van der Waals surface area contributed by atoms with Gasteiger partial charge in [-0.3, -0.25) is 4.79 Å². The highest BCUT2D eigenvalue weighted by atomic mass is 32.2. The first-order chi connectivity index (χ1) is 7.65. The second-order valence-corrected chi connectivity index (χ2v) is 4.91. The van der Waals surface area contributed by atoms with Gasteiger partial charge in [-0.2, -0.15) is 11.8 Å². The van der Waals surface area contributed by atoms with Crippen molar-refractivity contribution in [2.24, 2.45) is 0 Å². The Kier molecular flexibility index (Phi) is 5.12. The predicted molar refractivity (Wildman–Crippen MR) is 64.3 cm³/mol. The minimum absolute atomic E-state index is 0.0162. The second kappa shape index (κ2) is 6.13. The van der Waals surface area contributed by atoms with Gasteiger partial charge in [-0.1, -0.05) is 13.3 Å². The van der Waals surface area contributed by atoms with E-state index in [1.54, 1.807) is 16.7 Å². The fraction of sp³-hybridized carbons (Fsp3) is 0.818. The average Bonchev–Trinajstić information content (AvgIpc) is 2.23. The van der Waals surface area contributed by atoms with E-state index >= 15 is 0 Å². The summed E-state index contributed by atoms with van der Waals surface area (Å²) in [7, 11) is 1.36. The van der Waals surface area contributed by atoms with Crippen LogP contribution in [0.5, 0.6) is 0 Å². The first-order valence-corrected chi connectivity index (χ1v) is 6.85. The van der Waals surface area contributed by atoms with Gasteiger partial charge in [0.1, 0.15) is 6.04 Å². The summed E-state index contributed by atoms with van der Waals surface area (Å²) in [5, 5.41) is -0.0162. The SMILES string of the molecule is CCCC(SC)C(=O)N1CCC1C(=O)OC. The number of carbonyl (C=O) groups is 2. The molecule has 1 amide bonds. The molecule has 2 atom stereocenters. The molecule has 16 heavy (non-hydrogen) atoms. The Labute approximate surface area is 101 Å². The number of nitrogens with zero attached hydrogens (tertiary/aromatic N) is 1. The molecule has 0 radical (unpaired) electrons. The van der Waals surface area contributed by atoms with Gasteiger partial charge in [-0.15, -0.1) is 0 Å². The zero-order chi connectivity index (χ0) is 12.1. The largest absolute Gasteiger partial charge is 0.467 e. The Balaban J connectivity index is 2.56. The quantitative estimate of drug-likeness (QED) is 0.685. The summed E-state index contributed by atoms with van der Waals surface area (Å²) < 4.78 is 4.67. The van der Waals surface area contributed by atoms with Gasteiger partial charge in [0, 0.05) is 6.54 Å². The number of esters is 1. The van der Waals surface area contributed by atoms with Crippen molar-refractivity contribution < 1.29 is 14.3 Å². The molecule has 0 N–H and O–H groups in total. The van der Waals surface area contributed by atoms with Crippen molar-refractivity contribution >= 4 is 23.6 Å². The van der Waals surface area contributed by atoms with E-state index in [2.05, 4.69) is 11.7 Å². The van der Waals surface area contributed by atoms with Crippen LogP contribution >= 0.6 is 11.8 Å². The van der Waals surface area contributed by atoms with E-state index in [1.165, 1.54) is 7.11 Å². The normalized spacial score (nSPS) is 21.2. The first kappa shape index (κ1) is 13.4. The summed E-state index contributed by atoms with van der Waals surface area (Å²) >= 11 is 1.56. The summed E-state index contributed by atoms with van der Waals surface area (Å²) in [4.78, 5) is 25.1. The summed E-state index contributed by atoms with van der Waals surface area (Å²) in [5.41, 5.74) is 0. The summed E-state index contributed by atoms with van der Waals surface area (Å²) in [6.07, 6.45) is 4.51. The van der Waals surface area contributed by atoms with Crippen molar-refractivity contribution in [1.29, 1.82) is 0 Å². The molecule has 4 nitrogen and oxygen atoms in total. The number of carbonyl (C=O) groups excluding carboxylic acids is 2. The highest BCUT2D eigenvalue weighted by molar-refractivity contribution is 7.99. The molecule has 0 aromatic heterocycles. The molecule has 2 unspecified atom stereocenters. The van der Waals surface area contributed by atoms with E-state index in [1.807, 2.05) is 6.26 Å². The lowest BCUT2D eigenvalue weighted by atomic mass is 10.0. The van der Waals surface area contributed by atoms with Gasteiger partial charge >= 0.3 is 5.97 Å². The number of hydrogen-bond acceptors (Lipinski definition) is 4. The second-order valence-electron chi connectivity index (χ2n) is 3.87. The molecule has 0 bridgehead atoms. The Bertz CT molecular complexity index is 270. The molecular formula is C11H19NO3S. The highest BCUT2D eigenvalue weighted by Gasteiger charge is 2.40. The number of thioether (sulfide) groups is 1. The standard InChI is InChI=1S/C11H19NO3S/c1-4-5-9(16-3)10(13)12-7-6-8(12)11(14)15-2/h8-9H,4-7H2,1-3H3. The van der Waals surface area contributed by atoms with Crippen molar-refractivity contribution in [3.05, 3.63) is 0 Å². The Morgan fingerprint density at radius 2 is 2.25 bits per heavy atom. The number of methoxy groups -OCH3 is 1. The molecule has 1 saturated heterocycles. The maximum absolute atomic E-state index is 12.1. The third kappa shape index (κ3) is 2.70. The van der Waals surface area contributed by atoms with Crippen molar-refractivity contribution in [3.8, 4) is 0 Å². The molecule has 5 heteroatoms. The summed E-state index contributed by atoms with van der Waals surface area (Å²) in [5.74, 6) is -0.216. The average molecular weight is 245 g/mol. The zero-order valence-electron chi connectivity index (χ0n) is 10.1. The van der Waals surface area contributed by atoms with Crippen molar-refractivity contribution in [2.45, 2.75) is 37.5 Å². The van der Waals surface area contributed by atoms with Crippen LogP contribution in [-0.2, 0) is 14.3 Å². The Morgan fingerprint density at radius 1 is 1.56 bits per heavy atom. The number of hydrogen-bond donors (Lipinski definition) is 0.